The van der Waals surface area contributed by atoms with Gasteiger partial charge in [0.2, 0.25) is 0 Å². The summed E-state index contributed by atoms with van der Waals surface area (Å²) in [5, 5.41) is 0. The molecule has 0 heterocycles. The van der Waals surface area contributed by atoms with Crippen LogP contribution in [0.25, 0.3) is 0 Å². The molecule has 0 bridgehead atoms. The standard InChI is InChI=1S/C3H5O2Se/c1-2-3(4)5-6/h2H2,1H3. The first kappa shape index (κ1) is 5.99. The van der Waals surface area contributed by atoms with Crippen LogP contribution < -0.4 is 0 Å². The molecule has 0 saturated heterocycles. The summed E-state index contributed by atoms with van der Waals surface area (Å²) in [4.78, 5) is 9.93. The quantitative estimate of drug-likeness (QED) is 0.495. The van der Waals surface area contributed by atoms with Crippen molar-refractivity contribution in [1.82, 2.24) is 0 Å². The molecular formula is C3H5O2Se. The normalized spacial score (nSPS) is 7.67. The summed E-state index contributed by atoms with van der Waals surface area (Å²) in [6, 6.07) is 0. The van der Waals surface area contributed by atoms with Gasteiger partial charge in [-0.25, -0.2) is 0 Å². The van der Waals surface area contributed by atoms with Crippen LogP contribution in [-0.2, 0) is 8.61 Å². The van der Waals surface area contributed by atoms with E-state index in [4.69, 9.17) is 0 Å². The molecule has 0 spiro atoms. The molecule has 0 fully saturated rings. The van der Waals surface area contributed by atoms with Crippen LogP contribution in [-0.4, -0.2) is 22.3 Å². The summed E-state index contributed by atoms with van der Waals surface area (Å²) in [6.45, 7) is 1.74. The Balaban J connectivity index is 2.99. The van der Waals surface area contributed by atoms with Crippen molar-refractivity contribution in [3.63, 3.8) is 0 Å². The minimum atomic E-state index is -0.213. The zero-order chi connectivity index (χ0) is 4.99. The van der Waals surface area contributed by atoms with Gasteiger partial charge in [0, 0.05) is 0 Å². The van der Waals surface area contributed by atoms with Gasteiger partial charge in [0.1, 0.15) is 0 Å². The predicted molar refractivity (Wildman–Crippen MR) is 22.1 cm³/mol. The van der Waals surface area contributed by atoms with Gasteiger partial charge in [-0.2, -0.15) is 0 Å². The Morgan fingerprint density at radius 2 is 2.50 bits per heavy atom. The van der Waals surface area contributed by atoms with Crippen molar-refractivity contribution < 1.29 is 8.61 Å². The molecule has 0 aromatic carbocycles. The molecule has 1 radical (unpaired) electrons. The number of carbonyl (C=O) groups excluding carboxylic acids is 1. The number of rotatable bonds is 1. The molecule has 0 aliphatic carbocycles. The van der Waals surface area contributed by atoms with E-state index in [1.54, 1.807) is 6.92 Å². The molecule has 0 N–H and O–H groups in total. The second-order valence-electron chi connectivity index (χ2n) is 0.809. The van der Waals surface area contributed by atoms with Crippen molar-refractivity contribution >= 4 is 22.3 Å². The molecule has 0 amide bonds. The molecule has 0 aromatic rings. The first-order chi connectivity index (χ1) is 2.81. The van der Waals surface area contributed by atoms with E-state index in [1.807, 2.05) is 0 Å². The van der Waals surface area contributed by atoms with Crippen molar-refractivity contribution in [2.75, 3.05) is 0 Å². The van der Waals surface area contributed by atoms with Crippen LogP contribution in [0.5, 0.6) is 0 Å². The zero-order valence-electron chi connectivity index (χ0n) is 3.43. The first-order valence-electron chi connectivity index (χ1n) is 1.64. The van der Waals surface area contributed by atoms with Gasteiger partial charge in [0.05, 0.1) is 0 Å². The maximum atomic E-state index is 9.93. The fraction of sp³-hybridized carbons (Fsp3) is 0.667. The van der Waals surface area contributed by atoms with Crippen LogP contribution in [0.2, 0.25) is 0 Å². The Labute approximate surface area is 45.0 Å². The van der Waals surface area contributed by atoms with Crippen molar-refractivity contribution in [3.05, 3.63) is 0 Å². The molecule has 3 heteroatoms. The number of hydrogen-bond donors (Lipinski definition) is 0. The minimum absolute atomic E-state index is 0.213. The molecule has 0 rings (SSSR count). The van der Waals surface area contributed by atoms with Gasteiger partial charge < -0.3 is 0 Å². The van der Waals surface area contributed by atoms with Crippen LogP contribution in [0.1, 0.15) is 13.3 Å². The SMILES string of the molecule is CCC(=O)O[Se]. The molecule has 0 aliphatic rings. The van der Waals surface area contributed by atoms with E-state index in [0.29, 0.717) is 6.42 Å². The van der Waals surface area contributed by atoms with E-state index in [-0.39, 0.29) is 5.97 Å². The number of carbonyl (C=O) groups is 1. The third-order valence-electron chi connectivity index (χ3n) is 0.382. The molecule has 0 aromatic heterocycles. The molecule has 6 heavy (non-hydrogen) atoms. The molecule has 0 saturated carbocycles. The van der Waals surface area contributed by atoms with Gasteiger partial charge >= 0.3 is 44.3 Å². The summed E-state index contributed by atoms with van der Waals surface area (Å²) in [5.41, 5.74) is 0. The average Bonchev–Trinajstić information content (AvgIpc) is 1.65. The third-order valence-corrected chi connectivity index (χ3v) is 0.772. The first-order valence-corrected chi connectivity index (χ1v) is 2.33. The maximum absolute atomic E-state index is 9.93. The Hall–Kier alpha value is -0.0105. The molecule has 0 aliphatic heterocycles. The summed E-state index contributed by atoms with van der Waals surface area (Å²) < 4.78 is 4.14. The Morgan fingerprint density at radius 1 is 2.00 bits per heavy atom. The van der Waals surface area contributed by atoms with E-state index >= 15 is 0 Å². The van der Waals surface area contributed by atoms with Gasteiger partial charge in [0.15, 0.2) is 0 Å². The van der Waals surface area contributed by atoms with Gasteiger partial charge in [0.25, 0.3) is 0 Å². The molecule has 0 atom stereocenters. The van der Waals surface area contributed by atoms with Gasteiger partial charge in [-0.05, 0) is 0 Å². The topological polar surface area (TPSA) is 26.3 Å². The molecule has 0 unspecified atom stereocenters. The fourth-order valence-corrected chi connectivity index (χ4v) is 0.306. The molecule has 2 nitrogen and oxygen atoms in total. The van der Waals surface area contributed by atoms with Crippen LogP contribution in [0.4, 0.5) is 0 Å². The van der Waals surface area contributed by atoms with Crippen LogP contribution in [0.15, 0.2) is 0 Å². The average molecular weight is 152 g/mol. The van der Waals surface area contributed by atoms with E-state index in [9.17, 15) is 4.79 Å². The summed E-state index contributed by atoms with van der Waals surface area (Å²) >= 11 is 2.14. The van der Waals surface area contributed by atoms with Crippen molar-refractivity contribution in [2.24, 2.45) is 0 Å². The van der Waals surface area contributed by atoms with Crippen molar-refractivity contribution in [2.45, 2.75) is 13.3 Å². The Morgan fingerprint density at radius 3 is 2.50 bits per heavy atom. The zero-order valence-corrected chi connectivity index (χ0v) is 5.14. The summed E-state index contributed by atoms with van der Waals surface area (Å²) in [6.07, 6.45) is 0.438. The summed E-state index contributed by atoms with van der Waals surface area (Å²) in [7, 11) is 0. The fourth-order valence-electron chi connectivity index (χ4n) is 0.0589. The Bertz CT molecular complexity index is 46.8. The molecular weight excluding hydrogens is 147 g/mol. The van der Waals surface area contributed by atoms with Crippen molar-refractivity contribution in [1.29, 1.82) is 0 Å². The van der Waals surface area contributed by atoms with Crippen LogP contribution in [0, 0.1) is 0 Å². The van der Waals surface area contributed by atoms with E-state index in [0.717, 1.165) is 0 Å². The second-order valence-corrected chi connectivity index (χ2v) is 1.16. The van der Waals surface area contributed by atoms with E-state index in [1.165, 1.54) is 0 Å². The Kier molecular flexibility index (Phi) is 3.18. The van der Waals surface area contributed by atoms with E-state index in [2.05, 4.69) is 20.2 Å². The summed E-state index contributed by atoms with van der Waals surface area (Å²) in [5.74, 6) is -0.213. The second kappa shape index (κ2) is 3.19. The number of hydrogen-bond acceptors (Lipinski definition) is 2. The van der Waals surface area contributed by atoms with E-state index < -0.39 is 0 Å². The van der Waals surface area contributed by atoms with Gasteiger partial charge in [-0.3, -0.25) is 0 Å². The third kappa shape index (κ3) is 2.24. The predicted octanol–water partition coefficient (Wildman–Crippen LogP) is 0.0231. The van der Waals surface area contributed by atoms with Crippen LogP contribution >= 0.6 is 0 Å². The monoisotopic (exact) mass is 153 g/mol. The molecule has 35 valence electrons. The van der Waals surface area contributed by atoms with Gasteiger partial charge in [-0.15, -0.1) is 0 Å². The van der Waals surface area contributed by atoms with Crippen LogP contribution in [0.3, 0.4) is 0 Å². The van der Waals surface area contributed by atoms with Crippen molar-refractivity contribution in [3.8, 4) is 0 Å². The van der Waals surface area contributed by atoms with Gasteiger partial charge in [-0.1, -0.05) is 0 Å².